The van der Waals surface area contributed by atoms with Crippen LogP contribution in [0.15, 0.2) is 77.0 Å². The number of anilines is 1. The lowest BCUT2D eigenvalue weighted by molar-refractivity contribution is 0.244. The first-order valence-electron chi connectivity index (χ1n) is 11.1. The van der Waals surface area contributed by atoms with Crippen LogP contribution in [0.5, 0.6) is 0 Å². The Bertz CT molecular complexity index is 1450. The predicted octanol–water partition coefficient (Wildman–Crippen LogP) is 6.85. The van der Waals surface area contributed by atoms with Crippen LogP contribution in [0.4, 0.5) is 14.9 Å². The number of carbonyl (C=O) groups is 1. The Morgan fingerprint density at radius 1 is 1.00 bits per heavy atom. The van der Waals surface area contributed by atoms with Crippen LogP contribution < -0.4 is 10.2 Å². The van der Waals surface area contributed by atoms with Crippen molar-refractivity contribution >= 4 is 28.9 Å². The second-order valence-electron chi connectivity index (χ2n) is 8.49. The molecule has 0 radical (unpaired) electrons. The lowest BCUT2D eigenvalue weighted by Gasteiger charge is -2.35. The standard InChI is InChI=1S/C27H22ClFN4O2/c1-15-4-7-18(8-5-15)24-23(26-31-25(32-35-26)19-9-11-20(29)12-10-19)17(3)33(27(34)30-24)21-13-6-16(2)22(28)14-21/h4-14,24H,1-3H3,(H,30,34). The first-order valence-corrected chi connectivity index (χ1v) is 11.4. The van der Waals surface area contributed by atoms with Gasteiger partial charge in [-0.2, -0.15) is 4.98 Å². The van der Waals surface area contributed by atoms with E-state index in [2.05, 4.69) is 15.5 Å². The third-order valence-corrected chi connectivity index (χ3v) is 6.48. The van der Waals surface area contributed by atoms with Crippen LogP contribution in [0, 0.1) is 19.7 Å². The summed E-state index contributed by atoms with van der Waals surface area (Å²) in [6.07, 6.45) is 0. The summed E-state index contributed by atoms with van der Waals surface area (Å²) in [5.41, 5.74) is 5.42. The van der Waals surface area contributed by atoms with Crippen LogP contribution >= 0.6 is 11.6 Å². The summed E-state index contributed by atoms with van der Waals surface area (Å²) < 4.78 is 19.1. The zero-order valence-electron chi connectivity index (χ0n) is 19.3. The quantitative estimate of drug-likeness (QED) is 0.341. The van der Waals surface area contributed by atoms with E-state index >= 15 is 0 Å². The summed E-state index contributed by atoms with van der Waals surface area (Å²) in [5.74, 6) is 0.234. The third kappa shape index (κ3) is 4.31. The maximum absolute atomic E-state index is 13.4. The molecular formula is C27H22ClFN4O2. The number of hydrogen-bond acceptors (Lipinski definition) is 4. The van der Waals surface area contributed by atoms with Gasteiger partial charge in [-0.3, -0.25) is 4.90 Å². The maximum Gasteiger partial charge on any atom is 0.326 e. The van der Waals surface area contributed by atoms with Crippen molar-refractivity contribution in [2.75, 3.05) is 4.90 Å². The van der Waals surface area contributed by atoms with Gasteiger partial charge in [-0.05, 0) is 68.3 Å². The fourth-order valence-corrected chi connectivity index (χ4v) is 4.28. The Morgan fingerprint density at radius 2 is 1.71 bits per heavy atom. The predicted molar refractivity (Wildman–Crippen MR) is 133 cm³/mol. The number of benzene rings is 3. The first-order chi connectivity index (χ1) is 16.8. The molecule has 0 aliphatic carbocycles. The molecule has 0 fully saturated rings. The number of aromatic nitrogens is 2. The average molecular weight is 489 g/mol. The molecule has 0 saturated carbocycles. The monoisotopic (exact) mass is 488 g/mol. The normalized spacial score (nSPS) is 16.0. The van der Waals surface area contributed by atoms with Crippen LogP contribution in [-0.2, 0) is 0 Å². The van der Waals surface area contributed by atoms with Crippen molar-refractivity contribution in [3.8, 4) is 11.4 Å². The largest absolute Gasteiger partial charge is 0.334 e. The van der Waals surface area contributed by atoms with Crippen LogP contribution in [-0.4, -0.2) is 16.2 Å². The topological polar surface area (TPSA) is 71.3 Å². The molecule has 2 heterocycles. The Balaban J connectivity index is 1.65. The second-order valence-corrected chi connectivity index (χ2v) is 8.90. The van der Waals surface area contributed by atoms with Gasteiger partial charge in [0.15, 0.2) is 0 Å². The minimum atomic E-state index is -0.512. The van der Waals surface area contributed by atoms with Crippen LogP contribution in [0.25, 0.3) is 17.0 Å². The van der Waals surface area contributed by atoms with E-state index in [1.165, 1.54) is 12.1 Å². The van der Waals surface area contributed by atoms with E-state index in [4.69, 9.17) is 16.1 Å². The molecule has 6 nitrogen and oxygen atoms in total. The number of rotatable bonds is 4. The van der Waals surface area contributed by atoms with Gasteiger partial charge in [0, 0.05) is 16.3 Å². The summed E-state index contributed by atoms with van der Waals surface area (Å²) in [6.45, 7) is 5.74. The summed E-state index contributed by atoms with van der Waals surface area (Å²) in [5, 5.41) is 7.75. The molecule has 8 heteroatoms. The summed E-state index contributed by atoms with van der Waals surface area (Å²) in [4.78, 5) is 19.5. The number of halogens is 2. The summed E-state index contributed by atoms with van der Waals surface area (Å²) >= 11 is 6.36. The Morgan fingerprint density at radius 3 is 2.40 bits per heavy atom. The van der Waals surface area contributed by atoms with Gasteiger partial charge >= 0.3 is 6.03 Å². The number of aryl methyl sites for hydroxylation is 2. The number of nitrogens with zero attached hydrogens (tertiary/aromatic N) is 3. The molecule has 176 valence electrons. The number of amides is 2. The summed E-state index contributed by atoms with van der Waals surface area (Å²) in [6, 6.07) is 18.4. The van der Waals surface area contributed by atoms with Gasteiger partial charge in [-0.1, -0.05) is 52.7 Å². The van der Waals surface area contributed by atoms with Gasteiger partial charge in [0.1, 0.15) is 5.82 Å². The fraction of sp³-hybridized carbons (Fsp3) is 0.148. The minimum absolute atomic E-state index is 0.260. The molecule has 3 aromatic carbocycles. The zero-order chi connectivity index (χ0) is 24.7. The highest BCUT2D eigenvalue weighted by atomic mass is 35.5. The van der Waals surface area contributed by atoms with Crippen LogP contribution in [0.3, 0.4) is 0 Å². The lowest BCUT2D eigenvalue weighted by atomic mass is 9.94. The molecule has 2 amide bonds. The first kappa shape index (κ1) is 22.8. The molecule has 0 bridgehead atoms. The number of urea groups is 1. The Labute approximate surface area is 207 Å². The summed E-state index contributed by atoms with van der Waals surface area (Å²) in [7, 11) is 0. The molecule has 1 atom stereocenters. The van der Waals surface area contributed by atoms with Gasteiger partial charge < -0.3 is 9.84 Å². The van der Waals surface area contributed by atoms with Gasteiger partial charge in [0.05, 0.1) is 17.3 Å². The molecule has 1 N–H and O–H groups in total. The van der Waals surface area contributed by atoms with Crippen molar-refractivity contribution in [3.63, 3.8) is 0 Å². The van der Waals surface area contributed by atoms with Gasteiger partial charge in [-0.25, -0.2) is 9.18 Å². The van der Waals surface area contributed by atoms with Crippen molar-refractivity contribution in [1.29, 1.82) is 0 Å². The maximum atomic E-state index is 13.4. The van der Waals surface area contributed by atoms with E-state index in [9.17, 15) is 9.18 Å². The van der Waals surface area contributed by atoms with E-state index in [1.807, 2.05) is 57.2 Å². The van der Waals surface area contributed by atoms with Crippen molar-refractivity contribution in [2.24, 2.45) is 0 Å². The van der Waals surface area contributed by atoms with Crippen molar-refractivity contribution in [2.45, 2.75) is 26.8 Å². The van der Waals surface area contributed by atoms with E-state index in [0.717, 1.165) is 16.7 Å². The number of carbonyl (C=O) groups excluding carboxylic acids is 1. The SMILES string of the molecule is CC1=C(c2nc(-c3ccc(F)cc3)no2)C(c2ccc(C)cc2)NC(=O)N1c1ccc(C)c(Cl)c1. The highest BCUT2D eigenvalue weighted by molar-refractivity contribution is 6.31. The molecular weight excluding hydrogens is 467 g/mol. The number of nitrogens with one attached hydrogen (secondary N) is 1. The van der Waals surface area contributed by atoms with Crippen LogP contribution in [0.2, 0.25) is 5.02 Å². The Kier molecular flexibility index (Phi) is 5.86. The molecule has 1 aliphatic rings. The lowest BCUT2D eigenvalue weighted by Crippen LogP contribution is -2.46. The van der Waals surface area contributed by atoms with Gasteiger partial charge in [-0.15, -0.1) is 0 Å². The van der Waals surface area contributed by atoms with E-state index in [1.54, 1.807) is 23.1 Å². The van der Waals surface area contributed by atoms with Crippen molar-refractivity contribution in [3.05, 3.63) is 106 Å². The smallest absolute Gasteiger partial charge is 0.326 e. The van der Waals surface area contributed by atoms with Crippen molar-refractivity contribution in [1.82, 2.24) is 15.5 Å². The second kappa shape index (κ2) is 9.00. The molecule has 5 rings (SSSR count). The highest BCUT2D eigenvalue weighted by Crippen LogP contribution is 2.39. The van der Waals surface area contributed by atoms with Crippen molar-refractivity contribution < 1.29 is 13.7 Å². The zero-order valence-corrected chi connectivity index (χ0v) is 20.1. The average Bonchev–Trinajstić information content (AvgIpc) is 3.31. The minimum Gasteiger partial charge on any atom is -0.334 e. The fourth-order valence-electron chi connectivity index (χ4n) is 4.11. The van der Waals surface area contributed by atoms with E-state index < -0.39 is 6.04 Å². The molecule has 1 aliphatic heterocycles. The molecule has 4 aromatic rings. The van der Waals surface area contributed by atoms with Crippen LogP contribution in [0.1, 0.15) is 35.5 Å². The number of allylic oxidation sites excluding steroid dienone is 1. The Hall–Kier alpha value is -3.97. The number of hydrogen-bond donors (Lipinski definition) is 1. The highest BCUT2D eigenvalue weighted by Gasteiger charge is 2.36. The molecule has 1 aromatic heterocycles. The van der Waals surface area contributed by atoms with E-state index in [0.29, 0.717) is 33.4 Å². The molecule has 1 unspecified atom stereocenters. The molecule has 0 saturated heterocycles. The van der Waals surface area contributed by atoms with Gasteiger partial charge in [0.25, 0.3) is 5.89 Å². The third-order valence-electron chi connectivity index (χ3n) is 6.07. The van der Waals surface area contributed by atoms with E-state index in [-0.39, 0.29) is 17.7 Å². The molecule has 35 heavy (non-hydrogen) atoms. The molecule has 0 spiro atoms. The van der Waals surface area contributed by atoms with Gasteiger partial charge in [0.2, 0.25) is 5.82 Å².